The van der Waals surface area contributed by atoms with Crippen LogP contribution in [0.1, 0.15) is 37.9 Å². The number of rotatable bonds is 9. The van der Waals surface area contributed by atoms with Crippen molar-refractivity contribution in [2.45, 2.75) is 45.8 Å². The van der Waals surface area contributed by atoms with Crippen LogP contribution in [0.2, 0.25) is 0 Å². The van der Waals surface area contributed by atoms with Crippen molar-refractivity contribution in [3.05, 3.63) is 76.0 Å². The van der Waals surface area contributed by atoms with E-state index < -0.39 is 0 Å². The second-order valence-corrected chi connectivity index (χ2v) is 7.27. The molecule has 0 aliphatic rings. The van der Waals surface area contributed by atoms with E-state index in [-0.39, 0.29) is 41.9 Å². The van der Waals surface area contributed by atoms with Crippen molar-refractivity contribution in [3.63, 3.8) is 0 Å². The van der Waals surface area contributed by atoms with Crippen LogP contribution in [0, 0.1) is 5.82 Å². The van der Waals surface area contributed by atoms with Gasteiger partial charge in [0.15, 0.2) is 5.82 Å². The summed E-state index contributed by atoms with van der Waals surface area (Å²) in [4.78, 5) is 26.9. The fourth-order valence-electron chi connectivity index (χ4n) is 2.79. The SMILES string of the molecule is CCC(C)NC(=O)CCc1nnc(-c2ccc(OCc3ccc(F)cc3)cc2)[nH]c1=O. The highest BCUT2D eigenvalue weighted by Gasteiger charge is 2.11. The largest absolute Gasteiger partial charge is 0.489 e. The van der Waals surface area contributed by atoms with Gasteiger partial charge in [-0.3, -0.25) is 9.59 Å². The third-order valence-corrected chi connectivity index (χ3v) is 4.82. The fourth-order valence-corrected chi connectivity index (χ4v) is 2.79. The molecule has 7 nitrogen and oxygen atoms in total. The molecule has 0 spiro atoms. The summed E-state index contributed by atoms with van der Waals surface area (Å²) in [5.41, 5.74) is 1.40. The molecule has 1 heterocycles. The van der Waals surface area contributed by atoms with Gasteiger partial charge in [-0.15, -0.1) is 10.2 Å². The number of benzene rings is 2. The summed E-state index contributed by atoms with van der Waals surface area (Å²) in [5, 5.41) is 10.9. The maximum atomic E-state index is 13.0. The van der Waals surface area contributed by atoms with Crippen molar-refractivity contribution >= 4 is 5.91 Å². The Morgan fingerprint density at radius 2 is 1.84 bits per heavy atom. The number of carbonyl (C=O) groups is 1. The first kappa shape index (κ1) is 22.1. The van der Waals surface area contributed by atoms with Gasteiger partial charge in [-0.05, 0) is 55.3 Å². The van der Waals surface area contributed by atoms with Crippen LogP contribution in [0.15, 0.2) is 53.3 Å². The standard InChI is InChI=1S/C23H25FN4O3/c1-3-15(2)25-21(29)13-12-20-23(30)26-22(28-27-20)17-6-10-19(11-7-17)31-14-16-4-8-18(24)9-5-16/h4-11,15H,3,12-14H2,1-2H3,(H,25,29)(H,26,28,30). The summed E-state index contributed by atoms with van der Waals surface area (Å²) < 4.78 is 18.6. The molecule has 0 saturated carbocycles. The molecule has 1 unspecified atom stereocenters. The second-order valence-electron chi connectivity index (χ2n) is 7.27. The average Bonchev–Trinajstić information content (AvgIpc) is 2.78. The second kappa shape index (κ2) is 10.5. The van der Waals surface area contributed by atoms with Crippen LogP contribution in [-0.2, 0) is 17.8 Å². The van der Waals surface area contributed by atoms with Crippen molar-refractivity contribution in [2.75, 3.05) is 0 Å². The first-order chi connectivity index (χ1) is 14.9. The summed E-state index contributed by atoms with van der Waals surface area (Å²) in [7, 11) is 0. The van der Waals surface area contributed by atoms with E-state index in [4.69, 9.17) is 4.74 Å². The third kappa shape index (κ3) is 6.47. The van der Waals surface area contributed by atoms with Crippen LogP contribution in [0.25, 0.3) is 11.4 Å². The fraction of sp³-hybridized carbons (Fsp3) is 0.304. The minimum atomic E-state index is -0.363. The van der Waals surface area contributed by atoms with E-state index in [1.807, 2.05) is 13.8 Å². The number of aryl methyl sites for hydroxylation is 1. The molecule has 0 aliphatic carbocycles. The van der Waals surface area contributed by atoms with E-state index in [0.717, 1.165) is 12.0 Å². The molecule has 0 fully saturated rings. The minimum absolute atomic E-state index is 0.0990. The van der Waals surface area contributed by atoms with Crippen LogP contribution in [-0.4, -0.2) is 27.1 Å². The molecule has 2 N–H and O–H groups in total. The first-order valence-corrected chi connectivity index (χ1v) is 10.2. The molecule has 3 rings (SSSR count). The Balaban J connectivity index is 1.58. The molecular formula is C23H25FN4O3. The smallest absolute Gasteiger partial charge is 0.273 e. The molecule has 8 heteroatoms. The monoisotopic (exact) mass is 424 g/mol. The van der Waals surface area contributed by atoms with Crippen LogP contribution < -0.4 is 15.6 Å². The van der Waals surface area contributed by atoms with Crippen molar-refractivity contribution in [1.82, 2.24) is 20.5 Å². The summed E-state index contributed by atoms with van der Waals surface area (Å²) in [6, 6.07) is 13.2. The quantitative estimate of drug-likeness (QED) is 0.549. The van der Waals surface area contributed by atoms with Crippen LogP contribution in [0.5, 0.6) is 5.75 Å². The molecule has 0 saturated heterocycles. The Morgan fingerprint density at radius 3 is 2.48 bits per heavy atom. The predicted molar refractivity (Wildman–Crippen MR) is 115 cm³/mol. The summed E-state index contributed by atoms with van der Waals surface area (Å²) in [6.45, 7) is 4.23. The molecule has 1 atom stereocenters. The van der Waals surface area contributed by atoms with Gasteiger partial charge in [-0.1, -0.05) is 19.1 Å². The highest BCUT2D eigenvalue weighted by atomic mass is 19.1. The molecule has 0 radical (unpaired) electrons. The Kier molecular flexibility index (Phi) is 7.48. The van der Waals surface area contributed by atoms with Crippen molar-refractivity contribution < 1.29 is 13.9 Å². The van der Waals surface area contributed by atoms with Gasteiger partial charge in [0.05, 0.1) is 0 Å². The van der Waals surface area contributed by atoms with Crippen LogP contribution in [0.4, 0.5) is 4.39 Å². The average molecular weight is 424 g/mol. The lowest BCUT2D eigenvalue weighted by Crippen LogP contribution is -2.32. The number of carbonyl (C=O) groups excluding carboxylic acids is 1. The van der Waals surface area contributed by atoms with Crippen molar-refractivity contribution in [3.8, 4) is 17.1 Å². The molecule has 3 aromatic rings. The minimum Gasteiger partial charge on any atom is -0.489 e. The van der Waals surface area contributed by atoms with Gasteiger partial charge in [-0.25, -0.2) is 4.39 Å². The van der Waals surface area contributed by atoms with Gasteiger partial charge >= 0.3 is 0 Å². The first-order valence-electron chi connectivity index (χ1n) is 10.2. The topological polar surface area (TPSA) is 97.0 Å². The van der Waals surface area contributed by atoms with Crippen LogP contribution >= 0.6 is 0 Å². The maximum absolute atomic E-state index is 13.0. The number of nitrogens with one attached hydrogen (secondary N) is 2. The zero-order valence-electron chi connectivity index (χ0n) is 17.5. The highest BCUT2D eigenvalue weighted by molar-refractivity contribution is 5.76. The summed E-state index contributed by atoms with van der Waals surface area (Å²) in [5.74, 6) is 0.564. The van der Waals surface area contributed by atoms with E-state index in [1.165, 1.54) is 12.1 Å². The number of ether oxygens (including phenoxy) is 1. The van der Waals surface area contributed by atoms with Gasteiger partial charge in [0.1, 0.15) is 23.9 Å². The zero-order chi connectivity index (χ0) is 22.2. The van der Waals surface area contributed by atoms with Gasteiger partial charge in [-0.2, -0.15) is 0 Å². The number of amides is 1. The number of hydrogen-bond acceptors (Lipinski definition) is 5. The lowest BCUT2D eigenvalue weighted by Gasteiger charge is -2.10. The Hall–Kier alpha value is -3.55. The zero-order valence-corrected chi connectivity index (χ0v) is 17.5. The molecular weight excluding hydrogens is 399 g/mol. The van der Waals surface area contributed by atoms with Gasteiger partial charge in [0, 0.05) is 24.4 Å². The summed E-state index contributed by atoms with van der Waals surface area (Å²) in [6.07, 6.45) is 1.25. The molecule has 0 bridgehead atoms. The van der Waals surface area contributed by atoms with E-state index in [0.29, 0.717) is 23.7 Å². The lowest BCUT2D eigenvalue weighted by molar-refractivity contribution is -0.121. The predicted octanol–water partition coefficient (Wildman–Crippen LogP) is 3.40. The van der Waals surface area contributed by atoms with Gasteiger partial charge in [0.2, 0.25) is 5.91 Å². The normalized spacial score (nSPS) is 11.7. The van der Waals surface area contributed by atoms with E-state index in [1.54, 1.807) is 36.4 Å². The lowest BCUT2D eigenvalue weighted by atomic mass is 10.2. The Morgan fingerprint density at radius 1 is 1.13 bits per heavy atom. The van der Waals surface area contributed by atoms with E-state index >= 15 is 0 Å². The van der Waals surface area contributed by atoms with E-state index in [2.05, 4.69) is 20.5 Å². The Labute approximate surface area is 179 Å². The molecule has 31 heavy (non-hydrogen) atoms. The highest BCUT2D eigenvalue weighted by Crippen LogP contribution is 2.19. The van der Waals surface area contributed by atoms with E-state index in [9.17, 15) is 14.0 Å². The van der Waals surface area contributed by atoms with Crippen molar-refractivity contribution in [2.24, 2.45) is 0 Å². The molecule has 2 aromatic carbocycles. The number of aromatic amines is 1. The van der Waals surface area contributed by atoms with Crippen LogP contribution in [0.3, 0.4) is 0 Å². The van der Waals surface area contributed by atoms with Crippen molar-refractivity contribution in [1.29, 1.82) is 0 Å². The van der Waals surface area contributed by atoms with Gasteiger partial charge in [0.25, 0.3) is 5.56 Å². The van der Waals surface area contributed by atoms with Gasteiger partial charge < -0.3 is 15.0 Å². The number of halogens is 1. The number of aromatic nitrogens is 3. The number of hydrogen-bond donors (Lipinski definition) is 2. The third-order valence-electron chi connectivity index (χ3n) is 4.82. The number of nitrogens with zero attached hydrogens (tertiary/aromatic N) is 2. The summed E-state index contributed by atoms with van der Waals surface area (Å²) >= 11 is 0. The molecule has 162 valence electrons. The molecule has 1 aromatic heterocycles. The Bertz CT molecular complexity index is 1070. The molecule has 1 amide bonds. The number of H-pyrrole nitrogens is 1. The maximum Gasteiger partial charge on any atom is 0.273 e. The molecule has 0 aliphatic heterocycles.